The van der Waals surface area contributed by atoms with Gasteiger partial charge in [-0.3, -0.25) is 0 Å². The van der Waals surface area contributed by atoms with Crippen molar-refractivity contribution in [2.24, 2.45) is 0 Å². The lowest BCUT2D eigenvalue weighted by atomic mass is 10.1. The van der Waals surface area contributed by atoms with Crippen molar-refractivity contribution in [3.05, 3.63) is 11.9 Å². The quantitative estimate of drug-likeness (QED) is 0.748. The minimum atomic E-state index is -2.98. The molecule has 120 valence electrons. The topological polar surface area (TPSA) is 75.2 Å². The van der Waals surface area contributed by atoms with Crippen LogP contribution in [0.15, 0.2) is 6.33 Å². The number of nitrogens with one attached hydrogen (secondary N) is 1. The van der Waals surface area contributed by atoms with Gasteiger partial charge in [-0.25, -0.2) is 18.4 Å². The fourth-order valence-corrected chi connectivity index (χ4v) is 2.62. The van der Waals surface area contributed by atoms with E-state index in [4.69, 9.17) is 0 Å². The minimum absolute atomic E-state index is 0.122. The van der Waals surface area contributed by atoms with Gasteiger partial charge in [0.25, 0.3) is 0 Å². The first-order chi connectivity index (χ1) is 9.89. The Labute approximate surface area is 127 Å². The molecule has 1 aromatic heterocycles. The molecule has 0 amide bonds. The molecule has 0 aliphatic carbocycles. The molecular weight excluding hydrogens is 288 g/mol. The van der Waals surface area contributed by atoms with Gasteiger partial charge in [-0.15, -0.1) is 0 Å². The zero-order valence-electron chi connectivity index (χ0n) is 13.4. The summed E-state index contributed by atoms with van der Waals surface area (Å²) in [5, 5.41) is 3.32. The van der Waals surface area contributed by atoms with Crippen LogP contribution in [-0.2, 0) is 16.3 Å². The van der Waals surface area contributed by atoms with E-state index in [9.17, 15) is 8.42 Å². The summed E-state index contributed by atoms with van der Waals surface area (Å²) >= 11 is 0. The van der Waals surface area contributed by atoms with Gasteiger partial charge in [0.05, 0.1) is 5.75 Å². The van der Waals surface area contributed by atoms with Crippen LogP contribution < -0.4 is 10.2 Å². The van der Waals surface area contributed by atoms with Crippen molar-refractivity contribution in [3.8, 4) is 0 Å². The number of hydrogen-bond donors (Lipinski definition) is 1. The van der Waals surface area contributed by atoms with Crippen LogP contribution in [0.25, 0.3) is 0 Å². The number of aromatic nitrogens is 2. The summed E-state index contributed by atoms with van der Waals surface area (Å²) in [6.07, 6.45) is 5.66. The molecule has 0 radical (unpaired) electrons. The first-order valence-electron chi connectivity index (χ1n) is 7.35. The Bertz CT molecular complexity index is 546. The van der Waals surface area contributed by atoms with E-state index in [1.165, 1.54) is 12.6 Å². The van der Waals surface area contributed by atoms with E-state index >= 15 is 0 Å². The molecule has 0 aliphatic heterocycles. The Morgan fingerprint density at radius 3 is 2.52 bits per heavy atom. The first kappa shape index (κ1) is 17.7. The normalized spacial score (nSPS) is 11.4. The van der Waals surface area contributed by atoms with Crippen molar-refractivity contribution in [2.45, 2.75) is 33.1 Å². The number of hydrogen-bond acceptors (Lipinski definition) is 6. The van der Waals surface area contributed by atoms with Crippen LogP contribution in [0.2, 0.25) is 0 Å². The van der Waals surface area contributed by atoms with Gasteiger partial charge in [-0.2, -0.15) is 0 Å². The predicted octanol–water partition coefficient (Wildman–Crippen LogP) is 1.73. The van der Waals surface area contributed by atoms with Gasteiger partial charge in [0.1, 0.15) is 27.8 Å². The Balaban J connectivity index is 2.98. The summed E-state index contributed by atoms with van der Waals surface area (Å²) in [5.74, 6) is 1.79. The van der Waals surface area contributed by atoms with Gasteiger partial charge in [0.15, 0.2) is 0 Å². The predicted molar refractivity (Wildman–Crippen MR) is 87.8 cm³/mol. The lowest BCUT2D eigenvalue weighted by molar-refractivity contribution is 0.601. The highest BCUT2D eigenvalue weighted by Gasteiger charge is 2.15. The van der Waals surface area contributed by atoms with Crippen LogP contribution in [0, 0.1) is 0 Å². The smallest absolute Gasteiger partial charge is 0.149 e. The molecule has 6 nitrogen and oxygen atoms in total. The maximum Gasteiger partial charge on any atom is 0.149 e. The van der Waals surface area contributed by atoms with Gasteiger partial charge in [0.2, 0.25) is 0 Å². The zero-order valence-corrected chi connectivity index (χ0v) is 14.2. The van der Waals surface area contributed by atoms with Crippen LogP contribution in [-0.4, -0.2) is 50.5 Å². The maximum atomic E-state index is 11.3. The summed E-state index contributed by atoms with van der Waals surface area (Å²) < 4.78 is 22.6. The fraction of sp³-hybridized carbons (Fsp3) is 0.714. The monoisotopic (exact) mass is 314 g/mol. The molecule has 0 aliphatic rings. The lowest BCUT2D eigenvalue weighted by Gasteiger charge is -2.22. The Morgan fingerprint density at radius 1 is 1.24 bits per heavy atom. The third-order valence-electron chi connectivity index (χ3n) is 3.12. The summed E-state index contributed by atoms with van der Waals surface area (Å²) in [5.41, 5.74) is 1.06. The van der Waals surface area contributed by atoms with Gasteiger partial charge < -0.3 is 10.2 Å². The molecular formula is C14H26N4O2S. The van der Waals surface area contributed by atoms with Crippen molar-refractivity contribution >= 4 is 21.5 Å². The molecule has 0 spiro atoms. The van der Waals surface area contributed by atoms with E-state index in [-0.39, 0.29) is 5.75 Å². The van der Waals surface area contributed by atoms with Gasteiger partial charge in [-0.1, -0.05) is 20.3 Å². The standard InChI is InChI=1S/C14H26N4O2S/c1-5-7-12-13(15-8-6-2)16-11-17-14(12)18(3)9-10-21(4,19)20/h11H,5-10H2,1-4H3,(H,15,16,17). The van der Waals surface area contributed by atoms with Crippen molar-refractivity contribution in [1.29, 1.82) is 0 Å². The molecule has 1 rings (SSSR count). The number of sulfone groups is 1. The van der Waals surface area contributed by atoms with Crippen LogP contribution in [0.1, 0.15) is 32.3 Å². The molecule has 0 bridgehead atoms. The van der Waals surface area contributed by atoms with Gasteiger partial charge in [0, 0.05) is 32.0 Å². The van der Waals surface area contributed by atoms with Crippen molar-refractivity contribution in [2.75, 3.05) is 42.4 Å². The van der Waals surface area contributed by atoms with E-state index in [1.807, 2.05) is 11.9 Å². The zero-order chi connectivity index (χ0) is 15.9. The molecule has 0 saturated carbocycles. The molecule has 0 fully saturated rings. The van der Waals surface area contributed by atoms with E-state index in [0.29, 0.717) is 6.54 Å². The molecule has 1 N–H and O–H groups in total. The summed E-state index contributed by atoms with van der Waals surface area (Å²) in [6, 6.07) is 0. The number of nitrogens with zero attached hydrogens (tertiary/aromatic N) is 3. The molecule has 1 heterocycles. The Morgan fingerprint density at radius 2 is 1.95 bits per heavy atom. The van der Waals surface area contributed by atoms with Crippen molar-refractivity contribution in [3.63, 3.8) is 0 Å². The molecule has 0 atom stereocenters. The summed E-state index contributed by atoms with van der Waals surface area (Å²) in [4.78, 5) is 10.6. The van der Waals surface area contributed by atoms with Crippen LogP contribution in [0.5, 0.6) is 0 Å². The lowest BCUT2D eigenvalue weighted by Crippen LogP contribution is -2.27. The van der Waals surface area contributed by atoms with Gasteiger partial charge >= 0.3 is 0 Å². The summed E-state index contributed by atoms with van der Waals surface area (Å²) in [7, 11) is -1.11. The Hall–Kier alpha value is -1.37. The highest BCUT2D eigenvalue weighted by molar-refractivity contribution is 7.90. The van der Waals surface area contributed by atoms with Gasteiger partial charge in [-0.05, 0) is 12.8 Å². The SMILES string of the molecule is CCCNc1ncnc(N(C)CCS(C)(=O)=O)c1CCC. The molecule has 0 unspecified atom stereocenters. The van der Waals surface area contributed by atoms with Crippen molar-refractivity contribution < 1.29 is 8.42 Å². The molecule has 7 heteroatoms. The van der Waals surface area contributed by atoms with E-state index < -0.39 is 9.84 Å². The minimum Gasteiger partial charge on any atom is -0.370 e. The second kappa shape index (κ2) is 8.17. The van der Waals surface area contributed by atoms with E-state index in [0.717, 1.165) is 43.0 Å². The van der Waals surface area contributed by atoms with Crippen LogP contribution in [0.4, 0.5) is 11.6 Å². The average molecular weight is 314 g/mol. The highest BCUT2D eigenvalue weighted by Crippen LogP contribution is 2.24. The molecule has 0 saturated heterocycles. The second-order valence-electron chi connectivity index (χ2n) is 5.25. The fourth-order valence-electron chi connectivity index (χ4n) is 2.02. The second-order valence-corrected chi connectivity index (χ2v) is 7.51. The number of anilines is 2. The maximum absolute atomic E-state index is 11.3. The molecule has 21 heavy (non-hydrogen) atoms. The Kier molecular flexibility index (Phi) is 6.87. The largest absolute Gasteiger partial charge is 0.370 e. The first-order valence-corrected chi connectivity index (χ1v) is 9.41. The van der Waals surface area contributed by atoms with Crippen LogP contribution >= 0.6 is 0 Å². The molecule has 1 aromatic rings. The third kappa shape index (κ3) is 5.87. The van der Waals surface area contributed by atoms with E-state index in [1.54, 1.807) is 0 Å². The summed E-state index contributed by atoms with van der Waals surface area (Å²) in [6.45, 7) is 5.50. The molecule has 0 aromatic carbocycles. The van der Waals surface area contributed by atoms with Crippen LogP contribution in [0.3, 0.4) is 0 Å². The highest BCUT2D eigenvalue weighted by atomic mass is 32.2. The third-order valence-corrected chi connectivity index (χ3v) is 4.05. The van der Waals surface area contributed by atoms with E-state index in [2.05, 4.69) is 29.1 Å². The number of rotatable bonds is 9. The van der Waals surface area contributed by atoms with Crippen molar-refractivity contribution in [1.82, 2.24) is 9.97 Å². The average Bonchev–Trinajstić information content (AvgIpc) is 2.43.